The molecule has 0 aliphatic carbocycles. The molecule has 0 spiro atoms. The summed E-state index contributed by atoms with van der Waals surface area (Å²) in [5.74, 6) is 2.49. The zero-order valence-corrected chi connectivity index (χ0v) is 13.1. The van der Waals surface area contributed by atoms with Gasteiger partial charge in [0, 0.05) is 49.8 Å². The van der Waals surface area contributed by atoms with Crippen LogP contribution in [-0.4, -0.2) is 58.4 Å². The van der Waals surface area contributed by atoms with E-state index in [2.05, 4.69) is 47.1 Å². The number of hydrogen-bond donors (Lipinski definition) is 1. The van der Waals surface area contributed by atoms with Crippen molar-refractivity contribution in [1.82, 2.24) is 20.0 Å². The lowest BCUT2D eigenvalue weighted by atomic mass is 10.0. The van der Waals surface area contributed by atoms with E-state index in [4.69, 9.17) is 0 Å². The Hall–Kier alpha value is -0.520. The molecule has 1 aromatic heterocycles. The summed E-state index contributed by atoms with van der Waals surface area (Å²) in [6, 6.07) is 3.26. The third-order valence-electron chi connectivity index (χ3n) is 3.76. The van der Waals surface area contributed by atoms with Gasteiger partial charge in [-0.2, -0.15) is 16.9 Å². The molecule has 2 heterocycles. The summed E-state index contributed by atoms with van der Waals surface area (Å²) in [5.41, 5.74) is 1.19. The summed E-state index contributed by atoms with van der Waals surface area (Å²) in [4.78, 5) is 2.51. The van der Waals surface area contributed by atoms with E-state index in [1.54, 1.807) is 0 Å². The molecule has 108 valence electrons. The second-order valence-corrected chi connectivity index (χ2v) is 6.52. The minimum Gasteiger partial charge on any atom is -0.312 e. The molecule has 1 fully saturated rings. The molecular formula is C14H26N4S. The Morgan fingerprint density at radius 1 is 1.53 bits per heavy atom. The first-order valence-corrected chi connectivity index (χ1v) is 8.36. The van der Waals surface area contributed by atoms with E-state index in [1.165, 1.54) is 30.2 Å². The summed E-state index contributed by atoms with van der Waals surface area (Å²) < 4.78 is 1.89. The van der Waals surface area contributed by atoms with Crippen molar-refractivity contribution in [3.05, 3.63) is 18.0 Å². The number of aromatic nitrogens is 2. The molecule has 0 amide bonds. The first-order chi connectivity index (χ1) is 9.20. The molecular weight excluding hydrogens is 256 g/mol. The zero-order chi connectivity index (χ0) is 13.7. The zero-order valence-electron chi connectivity index (χ0n) is 12.3. The molecule has 1 saturated heterocycles. The van der Waals surface area contributed by atoms with Gasteiger partial charge in [0.1, 0.15) is 0 Å². The van der Waals surface area contributed by atoms with E-state index in [-0.39, 0.29) is 0 Å². The Kier molecular flexibility index (Phi) is 5.73. The van der Waals surface area contributed by atoms with Gasteiger partial charge in [-0.1, -0.05) is 6.92 Å². The third-order valence-corrected chi connectivity index (χ3v) is 4.81. The Morgan fingerprint density at radius 3 is 3.00 bits per heavy atom. The van der Waals surface area contributed by atoms with Crippen LogP contribution in [0, 0.1) is 0 Å². The highest BCUT2D eigenvalue weighted by atomic mass is 32.2. The van der Waals surface area contributed by atoms with Crippen LogP contribution in [0.2, 0.25) is 0 Å². The van der Waals surface area contributed by atoms with Crippen molar-refractivity contribution in [3.8, 4) is 0 Å². The lowest BCUT2D eigenvalue weighted by Gasteiger charge is -2.38. The average Bonchev–Trinajstić information content (AvgIpc) is 2.81. The summed E-state index contributed by atoms with van der Waals surface area (Å²) in [5, 5.41) is 8.25. The van der Waals surface area contributed by atoms with Crippen LogP contribution in [0.5, 0.6) is 0 Å². The van der Waals surface area contributed by atoms with E-state index < -0.39 is 0 Å². The lowest BCUT2D eigenvalue weighted by molar-refractivity contribution is 0.213. The van der Waals surface area contributed by atoms with Crippen molar-refractivity contribution < 1.29 is 0 Å². The molecule has 1 aliphatic heterocycles. The molecule has 2 atom stereocenters. The molecule has 4 nitrogen and oxygen atoms in total. The molecule has 1 N–H and O–H groups in total. The van der Waals surface area contributed by atoms with Gasteiger partial charge in [-0.15, -0.1) is 0 Å². The van der Waals surface area contributed by atoms with Crippen LogP contribution in [0.1, 0.15) is 19.0 Å². The molecule has 5 heteroatoms. The highest BCUT2D eigenvalue weighted by Crippen LogP contribution is 2.19. The van der Waals surface area contributed by atoms with E-state index in [0.717, 1.165) is 13.0 Å². The number of nitrogens with zero attached hydrogens (tertiary/aromatic N) is 3. The van der Waals surface area contributed by atoms with Crippen LogP contribution in [0.4, 0.5) is 0 Å². The van der Waals surface area contributed by atoms with Crippen LogP contribution in [0.25, 0.3) is 0 Å². The molecule has 0 bridgehead atoms. The number of likely N-dealkylation sites (N-methyl/N-ethyl adjacent to an activating group) is 1. The predicted molar refractivity (Wildman–Crippen MR) is 82.7 cm³/mol. The number of thioether (sulfide) groups is 1. The first kappa shape index (κ1) is 14.9. The van der Waals surface area contributed by atoms with Crippen molar-refractivity contribution in [2.75, 3.05) is 31.6 Å². The summed E-state index contributed by atoms with van der Waals surface area (Å²) in [6.07, 6.45) is 4.24. The Bertz CT molecular complexity index is 379. The van der Waals surface area contributed by atoms with E-state index in [0.29, 0.717) is 12.1 Å². The number of rotatable bonds is 6. The SMILES string of the molecule is CCCNC(Cc1ccn(C)n1)C1CSCCN1C. The predicted octanol–water partition coefficient (Wildman–Crippen LogP) is 1.38. The fourth-order valence-corrected chi connectivity index (χ4v) is 3.91. The number of aryl methyl sites for hydroxylation is 1. The van der Waals surface area contributed by atoms with Gasteiger partial charge >= 0.3 is 0 Å². The highest BCUT2D eigenvalue weighted by molar-refractivity contribution is 7.99. The molecule has 2 unspecified atom stereocenters. The van der Waals surface area contributed by atoms with Gasteiger partial charge in [-0.25, -0.2) is 0 Å². The lowest BCUT2D eigenvalue weighted by Crippen LogP contribution is -2.53. The van der Waals surface area contributed by atoms with Crippen molar-refractivity contribution in [2.45, 2.75) is 31.8 Å². The summed E-state index contributed by atoms with van der Waals surface area (Å²) >= 11 is 2.08. The van der Waals surface area contributed by atoms with Gasteiger partial charge < -0.3 is 10.2 Å². The quantitative estimate of drug-likeness (QED) is 0.854. The Morgan fingerprint density at radius 2 is 2.37 bits per heavy atom. The van der Waals surface area contributed by atoms with E-state index in [9.17, 15) is 0 Å². The molecule has 1 aromatic rings. The van der Waals surface area contributed by atoms with E-state index in [1.807, 2.05) is 17.9 Å². The Labute approximate surface area is 120 Å². The van der Waals surface area contributed by atoms with Gasteiger partial charge in [0.25, 0.3) is 0 Å². The summed E-state index contributed by atoms with van der Waals surface area (Å²) in [6.45, 7) is 4.51. The summed E-state index contributed by atoms with van der Waals surface area (Å²) in [7, 11) is 4.24. The highest BCUT2D eigenvalue weighted by Gasteiger charge is 2.28. The van der Waals surface area contributed by atoms with Crippen LogP contribution < -0.4 is 5.32 Å². The second-order valence-electron chi connectivity index (χ2n) is 5.37. The minimum atomic E-state index is 0.507. The maximum absolute atomic E-state index is 4.53. The van der Waals surface area contributed by atoms with Gasteiger partial charge in [-0.05, 0) is 26.1 Å². The van der Waals surface area contributed by atoms with Crippen molar-refractivity contribution in [3.63, 3.8) is 0 Å². The fourth-order valence-electron chi connectivity index (χ4n) is 2.60. The maximum Gasteiger partial charge on any atom is 0.0640 e. The van der Waals surface area contributed by atoms with Crippen LogP contribution in [0.15, 0.2) is 12.3 Å². The second kappa shape index (κ2) is 7.31. The van der Waals surface area contributed by atoms with Crippen molar-refractivity contribution >= 4 is 11.8 Å². The van der Waals surface area contributed by atoms with Gasteiger partial charge in [0.2, 0.25) is 0 Å². The van der Waals surface area contributed by atoms with Crippen molar-refractivity contribution in [1.29, 1.82) is 0 Å². The fraction of sp³-hybridized carbons (Fsp3) is 0.786. The van der Waals surface area contributed by atoms with Gasteiger partial charge in [0.05, 0.1) is 5.69 Å². The number of nitrogens with one attached hydrogen (secondary N) is 1. The van der Waals surface area contributed by atoms with Crippen LogP contribution >= 0.6 is 11.8 Å². The minimum absolute atomic E-state index is 0.507. The largest absolute Gasteiger partial charge is 0.312 e. The third kappa shape index (κ3) is 4.23. The molecule has 1 aliphatic rings. The average molecular weight is 282 g/mol. The topological polar surface area (TPSA) is 33.1 Å². The molecule has 2 rings (SSSR count). The van der Waals surface area contributed by atoms with Crippen molar-refractivity contribution in [2.24, 2.45) is 7.05 Å². The van der Waals surface area contributed by atoms with Gasteiger partial charge in [0.15, 0.2) is 0 Å². The normalized spacial score (nSPS) is 22.6. The number of hydrogen-bond acceptors (Lipinski definition) is 4. The van der Waals surface area contributed by atoms with Crippen LogP contribution in [-0.2, 0) is 13.5 Å². The molecule has 19 heavy (non-hydrogen) atoms. The van der Waals surface area contributed by atoms with Gasteiger partial charge in [-0.3, -0.25) is 4.68 Å². The smallest absolute Gasteiger partial charge is 0.0640 e. The molecule has 0 saturated carbocycles. The Balaban J connectivity index is 2.01. The standard InChI is InChI=1S/C14H26N4S/c1-4-6-15-13(10-12-5-7-18(3)16-12)14-11-19-9-8-17(14)2/h5,7,13-15H,4,6,8-11H2,1-3H3. The molecule has 0 aromatic carbocycles. The monoisotopic (exact) mass is 282 g/mol. The van der Waals surface area contributed by atoms with Crippen LogP contribution in [0.3, 0.4) is 0 Å². The first-order valence-electron chi connectivity index (χ1n) is 7.20. The molecule has 0 radical (unpaired) electrons. The maximum atomic E-state index is 4.53. The van der Waals surface area contributed by atoms with E-state index >= 15 is 0 Å².